The molecule has 0 radical (unpaired) electrons. The summed E-state index contributed by atoms with van der Waals surface area (Å²) >= 11 is 0. The lowest BCUT2D eigenvalue weighted by atomic mass is 10.2. The summed E-state index contributed by atoms with van der Waals surface area (Å²) in [6, 6.07) is 16.1. The van der Waals surface area contributed by atoms with E-state index in [0.717, 1.165) is 45.6 Å². The van der Waals surface area contributed by atoms with E-state index in [-0.39, 0.29) is 0 Å². The minimum atomic E-state index is 0.911. The van der Waals surface area contributed by atoms with Crippen molar-refractivity contribution in [2.75, 3.05) is 10.6 Å². The molecule has 2 aromatic carbocycles. The van der Waals surface area contributed by atoms with Crippen molar-refractivity contribution < 1.29 is 0 Å². The van der Waals surface area contributed by atoms with E-state index in [9.17, 15) is 0 Å². The van der Waals surface area contributed by atoms with Crippen LogP contribution in [0.4, 0.5) is 22.7 Å². The third-order valence-electron chi connectivity index (χ3n) is 3.92. The number of hydrogen-bond acceptors (Lipinski definition) is 4. The molecule has 0 aromatic heterocycles. The number of rotatable bonds is 0. The van der Waals surface area contributed by atoms with Crippen LogP contribution >= 0.6 is 0 Å². The number of allylic oxidation sites excluding steroid dienone is 4. The SMILES string of the molecule is CC1=Nc2ccccc2N/C(C)=C\C(C)=Nc2ccccc2N/C(C)=C\1. The molecule has 1 heterocycles. The third-order valence-corrected chi connectivity index (χ3v) is 3.92. The van der Waals surface area contributed by atoms with Gasteiger partial charge in [-0.2, -0.15) is 0 Å². The predicted molar refractivity (Wildman–Crippen MR) is 113 cm³/mol. The van der Waals surface area contributed by atoms with Crippen LogP contribution in [0.3, 0.4) is 0 Å². The summed E-state index contributed by atoms with van der Waals surface area (Å²) in [6.45, 7) is 8.08. The molecule has 4 heteroatoms. The molecule has 1 aliphatic rings. The fraction of sp³-hybridized carbons (Fsp3) is 0.182. The molecule has 132 valence electrons. The topological polar surface area (TPSA) is 48.8 Å². The Kier molecular flexibility index (Phi) is 5.32. The van der Waals surface area contributed by atoms with Crippen LogP contribution in [0.15, 0.2) is 82.1 Å². The Morgan fingerprint density at radius 3 is 1.38 bits per heavy atom. The van der Waals surface area contributed by atoms with Crippen LogP contribution in [0, 0.1) is 0 Å². The molecule has 0 fully saturated rings. The summed E-state index contributed by atoms with van der Waals surface area (Å²) in [5.41, 5.74) is 7.67. The molecule has 0 spiro atoms. The zero-order valence-electron chi connectivity index (χ0n) is 15.7. The van der Waals surface area contributed by atoms with Gasteiger partial charge in [0.1, 0.15) is 0 Å². The van der Waals surface area contributed by atoms with Crippen molar-refractivity contribution in [2.45, 2.75) is 27.7 Å². The summed E-state index contributed by atoms with van der Waals surface area (Å²) in [5, 5.41) is 6.87. The zero-order valence-corrected chi connectivity index (χ0v) is 15.7. The van der Waals surface area contributed by atoms with Crippen molar-refractivity contribution in [1.29, 1.82) is 0 Å². The standard InChI is InChI=1S/C22H24N4/c1-15-13-16(2)24-21-11-7-8-12-22(21)26-18(4)14-17(3)25-20-10-6-5-9-19(20)23-15/h5-14,23,26H,1-4H3/b15-13-,18-14-,24-16?,25-17?. The molecule has 4 nitrogen and oxygen atoms in total. The fourth-order valence-corrected chi connectivity index (χ4v) is 2.92. The number of anilines is 2. The Morgan fingerprint density at radius 1 is 0.577 bits per heavy atom. The van der Waals surface area contributed by atoms with Crippen LogP contribution < -0.4 is 10.6 Å². The van der Waals surface area contributed by atoms with Crippen LogP contribution in [0.25, 0.3) is 0 Å². The molecule has 0 aliphatic carbocycles. The number of nitrogens with one attached hydrogen (secondary N) is 2. The molecular weight excluding hydrogens is 320 g/mol. The maximum atomic E-state index is 4.77. The average Bonchev–Trinajstić information content (AvgIpc) is 2.57. The molecule has 0 bridgehead atoms. The summed E-state index contributed by atoms with van der Waals surface area (Å²) in [5.74, 6) is 0. The van der Waals surface area contributed by atoms with Crippen molar-refractivity contribution in [1.82, 2.24) is 0 Å². The van der Waals surface area contributed by atoms with Gasteiger partial charge in [-0.3, -0.25) is 9.98 Å². The first kappa shape index (κ1) is 17.7. The molecule has 3 rings (SSSR count). The van der Waals surface area contributed by atoms with Crippen LogP contribution in [0.5, 0.6) is 0 Å². The number of hydrogen-bond donors (Lipinski definition) is 2. The van der Waals surface area contributed by atoms with E-state index in [4.69, 9.17) is 9.98 Å². The number of fused-ring (bicyclic) bond motifs is 2. The van der Waals surface area contributed by atoms with Gasteiger partial charge in [0, 0.05) is 22.8 Å². The molecule has 2 N–H and O–H groups in total. The smallest absolute Gasteiger partial charge is 0.0867 e. The maximum absolute atomic E-state index is 4.77. The minimum absolute atomic E-state index is 0.911. The highest BCUT2D eigenvalue weighted by atomic mass is 14.9. The molecule has 0 unspecified atom stereocenters. The van der Waals surface area contributed by atoms with E-state index in [1.165, 1.54) is 0 Å². The maximum Gasteiger partial charge on any atom is 0.0867 e. The molecule has 1 aliphatic heterocycles. The van der Waals surface area contributed by atoms with Crippen molar-refractivity contribution in [2.24, 2.45) is 9.98 Å². The lowest BCUT2D eigenvalue weighted by Crippen LogP contribution is -2.02. The summed E-state index contributed by atoms with van der Waals surface area (Å²) in [6.07, 6.45) is 4.08. The molecule has 0 atom stereocenters. The Balaban J connectivity index is 2.13. The number of para-hydroxylation sites is 4. The number of aliphatic imine (C=N–C) groups is 2. The van der Waals surface area contributed by atoms with Crippen LogP contribution in [0.2, 0.25) is 0 Å². The minimum Gasteiger partial charge on any atom is -0.357 e. The van der Waals surface area contributed by atoms with Gasteiger partial charge < -0.3 is 10.6 Å². The molecule has 0 amide bonds. The van der Waals surface area contributed by atoms with E-state index in [0.29, 0.717) is 0 Å². The molecule has 0 saturated carbocycles. The normalized spacial score (nSPS) is 18.9. The lowest BCUT2D eigenvalue weighted by molar-refractivity contribution is 1.34. The molecular formula is C22H24N4. The number of benzene rings is 2. The summed E-state index contributed by atoms with van der Waals surface area (Å²) in [4.78, 5) is 9.54. The average molecular weight is 344 g/mol. The molecule has 2 aromatic rings. The highest BCUT2D eigenvalue weighted by Gasteiger charge is 2.05. The fourth-order valence-electron chi connectivity index (χ4n) is 2.92. The second-order valence-corrected chi connectivity index (χ2v) is 6.45. The lowest BCUT2D eigenvalue weighted by Gasteiger charge is -2.13. The first-order valence-electron chi connectivity index (χ1n) is 8.70. The second-order valence-electron chi connectivity index (χ2n) is 6.45. The van der Waals surface area contributed by atoms with Crippen molar-refractivity contribution in [3.63, 3.8) is 0 Å². The Morgan fingerprint density at radius 2 is 0.962 bits per heavy atom. The highest BCUT2D eigenvalue weighted by molar-refractivity contribution is 5.98. The molecule has 0 saturated heterocycles. The van der Waals surface area contributed by atoms with Gasteiger partial charge in [0.05, 0.1) is 22.7 Å². The number of nitrogens with zero attached hydrogens (tertiary/aromatic N) is 2. The summed E-state index contributed by atoms with van der Waals surface area (Å²) in [7, 11) is 0. The van der Waals surface area contributed by atoms with Crippen molar-refractivity contribution in [3.05, 3.63) is 72.1 Å². The quantitative estimate of drug-likeness (QED) is 0.596. The van der Waals surface area contributed by atoms with Crippen LogP contribution in [0.1, 0.15) is 27.7 Å². The van der Waals surface area contributed by atoms with E-state index < -0.39 is 0 Å². The van der Waals surface area contributed by atoms with Gasteiger partial charge in [-0.1, -0.05) is 24.3 Å². The predicted octanol–water partition coefficient (Wildman–Crippen LogP) is 6.22. The van der Waals surface area contributed by atoms with Crippen LogP contribution in [-0.2, 0) is 0 Å². The largest absolute Gasteiger partial charge is 0.357 e. The van der Waals surface area contributed by atoms with Crippen molar-refractivity contribution >= 4 is 34.2 Å². The van der Waals surface area contributed by atoms with E-state index in [2.05, 4.69) is 10.6 Å². The first-order valence-corrected chi connectivity index (χ1v) is 8.70. The second kappa shape index (κ2) is 7.83. The summed E-state index contributed by atoms with van der Waals surface area (Å²) < 4.78 is 0. The Hall–Kier alpha value is -3.14. The van der Waals surface area contributed by atoms with Gasteiger partial charge in [0.15, 0.2) is 0 Å². The first-order chi connectivity index (χ1) is 12.5. The van der Waals surface area contributed by atoms with E-state index in [1.54, 1.807) is 0 Å². The van der Waals surface area contributed by atoms with Gasteiger partial charge in [0.25, 0.3) is 0 Å². The van der Waals surface area contributed by atoms with Gasteiger partial charge in [-0.05, 0) is 64.1 Å². The van der Waals surface area contributed by atoms with Crippen molar-refractivity contribution in [3.8, 4) is 0 Å². The Labute approximate surface area is 155 Å². The zero-order chi connectivity index (χ0) is 18.5. The van der Waals surface area contributed by atoms with Gasteiger partial charge in [-0.25, -0.2) is 0 Å². The Bertz CT molecular complexity index is 855. The van der Waals surface area contributed by atoms with E-state index >= 15 is 0 Å². The van der Waals surface area contributed by atoms with Gasteiger partial charge >= 0.3 is 0 Å². The highest BCUT2D eigenvalue weighted by Crippen LogP contribution is 2.28. The third kappa shape index (κ3) is 4.48. The van der Waals surface area contributed by atoms with Gasteiger partial charge in [-0.15, -0.1) is 0 Å². The van der Waals surface area contributed by atoms with E-state index in [1.807, 2.05) is 88.4 Å². The molecule has 26 heavy (non-hydrogen) atoms. The monoisotopic (exact) mass is 344 g/mol. The van der Waals surface area contributed by atoms with Crippen LogP contribution in [-0.4, -0.2) is 11.4 Å². The van der Waals surface area contributed by atoms with Gasteiger partial charge in [0.2, 0.25) is 0 Å².